The molecule has 230 valence electrons. The average Bonchev–Trinajstić information content (AvgIpc) is 3.36. The number of piperidine rings is 1. The lowest BCUT2D eigenvalue weighted by atomic mass is 9.82. The number of nitrogens with one attached hydrogen (secondary N) is 1. The number of benzene rings is 2. The number of amides is 1. The van der Waals surface area contributed by atoms with Crippen molar-refractivity contribution in [2.24, 2.45) is 0 Å². The minimum Gasteiger partial charge on any atom is -0.474 e. The first-order valence-corrected chi connectivity index (χ1v) is 14.6. The molecule has 0 saturated carbocycles. The maximum Gasteiger partial charge on any atom is 0.398 e. The number of ether oxygens (including phenoxy) is 1. The van der Waals surface area contributed by atoms with Crippen molar-refractivity contribution in [2.45, 2.75) is 63.0 Å². The molecular weight excluding hydrogens is 573 g/mol. The molecule has 2 aromatic heterocycles. The first-order chi connectivity index (χ1) is 21.1. The molecule has 9 nitrogen and oxygen atoms in total. The Kier molecular flexibility index (Phi) is 8.02. The Balaban J connectivity index is 1.40. The first-order valence-electron chi connectivity index (χ1n) is 14.6. The molecule has 1 unspecified atom stereocenters. The van der Waals surface area contributed by atoms with Gasteiger partial charge in [-0.2, -0.15) is 18.3 Å². The number of alkyl halides is 3. The van der Waals surface area contributed by atoms with E-state index >= 15 is 0 Å². The molecule has 2 aromatic carbocycles. The van der Waals surface area contributed by atoms with Crippen LogP contribution in [0.1, 0.15) is 67.0 Å². The number of carbonyl (C=O) groups excluding carboxylic acids is 1. The van der Waals surface area contributed by atoms with E-state index in [1.165, 1.54) is 4.68 Å². The standard InChI is InChI=1S/C32H33F3N6O3/c1-19(2)44-24-14-13-23(37-38-24)40-17-15-20(16-18-40)27-25-26(32(33,34)35)29(42)31(43)36-30(25)41(39-27)28(21-9-5-3-6-10-21)22-11-7-4-8-12-22/h3-14,19-20,26,28-29,42H,15-18H2,1-2H3,(H,36,43)/t26-,29?/m1/s1. The van der Waals surface area contributed by atoms with Crippen LogP contribution in [0.25, 0.3) is 0 Å². The number of carbonyl (C=O) groups is 1. The van der Waals surface area contributed by atoms with Crippen molar-refractivity contribution in [2.75, 3.05) is 23.3 Å². The lowest BCUT2D eigenvalue weighted by Gasteiger charge is -2.34. The summed E-state index contributed by atoms with van der Waals surface area (Å²) in [6.45, 7) is 4.82. The number of nitrogens with zero attached hydrogens (tertiary/aromatic N) is 5. The van der Waals surface area contributed by atoms with Crippen LogP contribution in [0.2, 0.25) is 0 Å². The predicted octanol–water partition coefficient (Wildman–Crippen LogP) is 5.44. The minimum absolute atomic E-state index is 0.0376. The van der Waals surface area contributed by atoms with Crippen LogP contribution in [0.4, 0.5) is 24.8 Å². The highest BCUT2D eigenvalue weighted by Gasteiger charge is 2.55. The van der Waals surface area contributed by atoms with Gasteiger partial charge in [-0.1, -0.05) is 60.7 Å². The number of rotatable bonds is 7. The van der Waals surface area contributed by atoms with Crippen molar-refractivity contribution in [3.05, 3.63) is 95.2 Å². The zero-order valence-electron chi connectivity index (χ0n) is 24.3. The fourth-order valence-electron chi connectivity index (χ4n) is 6.14. The molecule has 1 amide bonds. The first kappa shape index (κ1) is 29.6. The second kappa shape index (κ2) is 11.9. The van der Waals surface area contributed by atoms with Crippen LogP contribution in [0.15, 0.2) is 72.8 Å². The lowest BCUT2D eigenvalue weighted by Crippen LogP contribution is -2.45. The average molecular weight is 607 g/mol. The van der Waals surface area contributed by atoms with Crippen molar-refractivity contribution in [3.63, 3.8) is 0 Å². The Morgan fingerprint density at radius 1 is 0.932 bits per heavy atom. The SMILES string of the molecule is CC(C)Oc1ccc(N2CCC(c3nn(C(c4ccccc4)c4ccccc4)c4c3[C@@H](C(F)(F)F)C(O)C(=O)N4)CC2)nn1. The topological polar surface area (TPSA) is 105 Å². The number of halogens is 3. The van der Waals surface area contributed by atoms with E-state index in [0.717, 1.165) is 11.1 Å². The van der Waals surface area contributed by atoms with Gasteiger partial charge < -0.3 is 20.1 Å². The lowest BCUT2D eigenvalue weighted by molar-refractivity contribution is -0.177. The fraction of sp³-hybridized carbons (Fsp3) is 0.375. The van der Waals surface area contributed by atoms with Gasteiger partial charge in [0.15, 0.2) is 5.82 Å². The van der Waals surface area contributed by atoms with Crippen molar-refractivity contribution in [3.8, 4) is 5.88 Å². The molecule has 1 fully saturated rings. The van der Waals surface area contributed by atoms with Crippen molar-refractivity contribution in [1.82, 2.24) is 20.0 Å². The molecule has 4 heterocycles. The molecule has 4 aromatic rings. The highest BCUT2D eigenvalue weighted by atomic mass is 19.4. The van der Waals surface area contributed by atoms with E-state index in [2.05, 4.69) is 15.5 Å². The van der Waals surface area contributed by atoms with Crippen LogP contribution in [0.5, 0.6) is 5.88 Å². The third-order valence-electron chi connectivity index (χ3n) is 8.13. The number of hydrogen-bond acceptors (Lipinski definition) is 7. The summed E-state index contributed by atoms with van der Waals surface area (Å²) in [4.78, 5) is 14.8. The largest absolute Gasteiger partial charge is 0.474 e. The monoisotopic (exact) mass is 606 g/mol. The Morgan fingerprint density at radius 2 is 1.55 bits per heavy atom. The third-order valence-corrected chi connectivity index (χ3v) is 8.13. The Labute approximate surface area is 252 Å². The molecule has 0 bridgehead atoms. The van der Waals surface area contributed by atoms with Gasteiger partial charge in [0.1, 0.15) is 23.9 Å². The summed E-state index contributed by atoms with van der Waals surface area (Å²) in [5.41, 5.74) is 1.65. The third kappa shape index (κ3) is 5.73. The quantitative estimate of drug-likeness (QED) is 0.289. The summed E-state index contributed by atoms with van der Waals surface area (Å²) in [6, 6.07) is 21.6. The summed E-state index contributed by atoms with van der Waals surface area (Å²) in [7, 11) is 0. The number of anilines is 2. The fourth-order valence-corrected chi connectivity index (χ4v) is 6.14. The second-order valence-corrected chi connectivity index (χ2v) is 11.4. The van der Waals surface area contributed by atoms with Gasteiger partial charge in [0.25, 0.3) is 5.91 Å². The molecule has 0 spiro atoms. The zero-order valence-corrected chi connectivity index (χ0v) is 24.3. The van der Waals surface area contributed by atoms with Crippen LogP contribution >= 0.6 is 0 Å². The Hall–Kier alpha value is -4.45. The van der Waals surface area contributed by atoms with E-state index in [1.807, 2.05) is 85.5 Å². The molecule has 44 heavy (non-hydrogen) atoms. The van der Waals surface area contributed by atoms with Crippen LogP contribution in [-0.4, -0.2) is 62.5 Å². The van der Waals surface area contributed by atoms with Crippen LogP contribution in [0, 0.1) is 0 Å². The number of aromatic nitrogens is 4. The molecule has 0 radical (unpaired) electrons. The van der Waals surface area contributed by atoms with E-state index in [-0.39, 0.29) is 29.1 Å². The summed E-state index contributed by atoms with van der Waals surface area (Å²) in [5.74, 6) is -2.83. The molecule has 2 N–H and O–H groups in total. The second-order valence-electron chi connectivity index (χ2n) is 11.4. The molecular formula is C32H33F3N6O3. The molecule has 6 rings (SSSR count). The van der Waals surface area contributed by atoms with E-state index in [9.17, 15) is 23.1 Å². The number of fused-ring (bicyclic) bond motifs is 1. The Bertz CT molecular complexity index is 1550. The normalized spacial score (nSPS) is 19.3. The molecule has 12 heteroatoms. The van der Waals surface area contributed by atoms with E-state index in [0.29, 0.717) is 37.6 Å². The molecule has 0 aliphatic carbocycles. The van der Waals surface area contributed by atoms with Gasteiger partial charge in [-0.05, 0) is 43.9 Å². The van der Waals surface area contributed by atoms with Gasteiger partial charge in [-0.25, -0.2) is 4.68 Å². The smallest absolute Gasteiger partial charge is 0.398 e. The van der Waals surface area contributed by atoms with Crippen molar-refractivity contribution < 1.29 is 27.8 Å². The number of aliphatic hydroxyl groups is 1. The summed E-state index contributed by atoms with van der Waals surface area (Å²) in [6.07, 6.45) is -6.22. The summed E-state index contributed by atoms with van der Waals surface area (Å²) in [5, 5.41) is 26.5. The van der Waals surface area contributed by atoms with Crippen LogP contribution in [0.3, 0.4) is 0 Å². The van der Waals surface area contributed by atoms with E-state index in [1.54, 1.807) is 6.07 Å². The van der Waals surface area contributed by atoms with Gasteiger partial charge in [0.2, 0.25) is 5.88 Å². The van der Waals surface area contributed by atoms with Crippen molar-refractivity contribution in [1.29, 1.82) is 0 Å². The van der Waals surface area contributed by atoms with Gasteiger partial charge in [0.05, 0.1) is 11.8 Å². The predicted molar refractivity (Wildman–Crippen MR) is 158 cm³/mol. The summed E-state index contributed by atoms with van der Waals surface area (Å²) < 4.78 is 51.0. The van der Waals surface area contributed by atoms with Gasteiger partial charge >= 0.3 is 6.18 Å². The van der Waals surface area contributed by atoms with Crippen LogP contribution < -0.4 is 15.0 Å². The van der Waals surface area contributed by atoms with Crippen LogP contribution in [-0.2, 0) is 4.79 Å². The molecule has 2 aliphatic rings. The van der Waals surface area contributed by atoms with E-state index < -0.39 is 30.1 Å². The Morgan fingerprint density at radius 3 is 2.07 bits per heavy atom. The van der Waals surface area contributed by atoms with Gasteiger partial charge in [-0.15, -0.1) is 10.2 Å². The maximum absolute atomic E-state index is 14.6. The molecule has 2 aliphatic heterocycles. The van der Waals surface area contributed by atoms with E-state index in [4.69, 9.17) is 9.84 Å². The zero-order chi connectivity index (χ0) is 31.0. The maximum atomic E-state index is 14.6. The minimum atomic E-state index is -4.88. The highest BCUT2D eigenvalue weighted by Crippen LogP contribution is 2.49. The van der Waals surface area contributed by atoms with Gasteiger partial charge in [0, 0.05) is 30.6 Å². The van der Waals surface area contributed by atoms with Crippen molar-refractivity contribution >= 4 is 17.5 Å². The molecule has 2 atom stereocenters. The highest BCUT2D eigenvalue weighted by molar-refractivity contribution is 5.97. The molecule has 1 saturated heterocycles. The number of aliphatic hydroxyl groups excluding tert-OH is 1. The summed E-state index contributed by atoms with van der Waals surface area (Å²) >= 11 is 0. The number of hydrogen-bond donors (Lipinski definition) is 2. The van der Waals surface area contributed by atoms with Gasteiger partial charge in [-0.3, -0.25) is 4.79 Å².